The molecule has 2 heterocycles. The summed E-state index contributed by atoms with van der Waals surface area (Å²) < 4.78 is 25.3. The highest BCUT2D eigenvalue weighted by Gasteiger charge is 2.26. The molecule has 4 rings (SSSR count). The van der Waals surface area contributed by atoms with Gasteiger partial charge in [0.15, 0.2) is 11.6 Å². The van der Waals surface area contributed by atoms with E-state index in [0.29, 0.717) is 13.0 Å². The standard InChI is InChI=1S/C19H24N6O3S2/c1-30(27,28)19-24-17(21-10-15-22-12-7-3-5-9-14(12)29-15)16(20)18(25-19)23-11-6-2-4-8-13(11)26/h3,5,7,9,11,13,26H,2,4,6,8,10,20H2,1H3,(H2,21,23,24,25)/t11-,13+/m1/s1. The Balaban J connectivity index is 1.62. The van der Waals surface area contributed by atoms with E-state index in [-0.39, 0.29) is 28.5 Å². The number of nitrogen functional groups attached to an aromatic ring is 1. The van der Waals surface area contributed by atoms with Crippen molar-refractivity contribution >= 4 is 48.7 Å². The van der Waals surface area contributed by atoms with Crippen LogP contribution in [0.2, 0.25) is 0 Å². The topological polar surface area (TPSA) is 143 Å². The molecule has 30 heavy (non-hydrogen) atoms. The molecule has 5 N–H and O–H groups in total. The van der Waals surface area contributed by atoms with Gasteiger partial charge in [-0.1, -0.05) is 25.0 Å². The van der Waals surface area contributed by atoms with Crippen LogP contribution in [0.3, 0.4) is 0 Å². The molecular formula is C19H24N6O3S2. The summed E-state index contributed by atoms with van der Waals surface area (Å²) in [6.45, 7) is 0.343. The average Bonchev–Trinajstić information content (AvgIpc) is 3.12. The number of nitrogens with two attached hydrogens (primary N) is 1. The summed E-state index contributed by atoms with van der Waals surface area (Å²) >= 11 is 1.54. The first-order valence-corrected chi connectivity index (χ1v) is 12.4. The van der Waals surface area contributed by atoms with Gasteiger partial charge in [-0.2, -0.15) is 9.97 Å². The lowest BCUT2D eigenvalue weighted by Crippen LogP contribution is -2.37. The van der Waals surface area contributed by atoms with Crippen LogP contribution >= 0.6 is 11.3 Å². The fourth-order valence-corrected chi connectivity index (χ4v) is 4.89. The minimum atomic E-state index is -3.66. The molecule has 1 fully saturated rings. The van der Waals surface area contributed by atoms with E-state index >= 15 is 0 Å². The lowest BCUT2D eigenvalue weighted by molar-refractivity contribution is 0.116. The van der Waals surface area contributed by atoms with Gasteiger partial charge in [-0.3, -0.25) is 0 Å². The van der Waals surface area contributed by atoms with Crippen molar-refractivity contribution in [2.75, 3.05) is 22.6 Å². The second kappa shape index (κ2) is 8.32. The Labute approximate surface area is 178 Å². The Hall–Kier alpha value is -2.50. The molecule has 2 atom stereocenters. The van der Waals surface area contributed by atoms with E-state index in [0.717, 1.165) is 40.7 Å². The van der Waals surface area contributed by atoms with Gasteiger partial charge in [-0.15, -0.1) is 11.3 Å². The van der Waals surface area contributed by atoms with E-state index in [4.69, 9.17) is 5.73 Å². The van der Waals surface area contributed by atoms with Gasteiger partial charge in [0.25, 0.3) is 5.16 Å². The summed E-state index contributed by atoms with van der Waals surface area (Å²) in [7, 11) is -3.66. The second-order valence-corrected chi connectivity index (χ2v) is 10.4. The Bertz CT molecular complexity index is 1130. The summed E-state index contributed by atoms with van der Waals surface area (Å²) in [5.74, 6) is 0.431. The molecule has 9 nitrogen and oxygen atoms in total. The number of aliphatic hydroxyl groups is 1. The number of benzene rings is 1. The van der Waals surface area contributed by atoms with Crippen molar-refractivity contribution in [1.82, 2.24) is 15.0 Å². The van der Waals surface area contributed by atoms with Crippen molar-refractivity contribution in [2.24, 2.45) is 0 Å². The van der Waals surface area contributed by atoms with Crippen molar-refractivity contribution in [3.8, 4) is 0 Å². The minimum Gasteiger partial charge on any atom is -0.393 e. The van der Waals surface area contributed by atoms with Crippen LogP contribution in [0.15, 0.2) is 29.4 Å². The third-order valence-electron chi connectivity index (χ3n) is 5.05. The predicted octanol–water partition coefficient (Wildman–Crippen LogP) is 2.40. The smallest absolute Gasteiger partial charge is 0.250 e. The quantitative estimate of drug-likeness (QED) is 0.418. The molecule has 1 aliphatic rings. The molecule has 0 radical (unpaired) electrons. The molecule has 0 spiro atoms. The lowest BCUT2D eigenvalue weighted by atomic mass is 9.92. The summed E-state index contributed by atoms with van der Waals surface area (Å²) in [5, 5.41) is 17.0. The van der Waals surface area contributed by atoms with E-state index in [1.54, 1.807) is 11.3 Å². The molecule has 1 aliphatic carbocycles. The number of hydrogen-bond acceptors (Lipinski definition) is 10. The second-order valence-electron chi connectivity index (χ2n) is 7.42. The Morgan fingerprint density at radius 3 is 2.63 bits per heavy atom. The number of aromatic nitrogens is 3. The first kappa shape index (κ1) is 20.8. The number of hydrogen-bond donors (Lipinski definition) is 4. The molecule has 0 amide bonds. The molecule has 0 bridgehead atoms. The maximum atomic E-state index is 12.1. The Kier molecular flexibility index (Phi) is 5.76. The number of para-hydroxylation sites is 1. The van der Waals surface area contributed by atoms with E-state index in [9.17, 15) is 13.5 Å². The minimum absolute atomic E-state index is 0.210. The fourth-order valence-electron chi connectivity index (χ4n) is 3.47. The molecule has 3 aromatic rings. The van der Waals surface area contributed by atoms with Crippen LogP contribution in [0.25, 0.3) is 10.2 Å². The Morgan fingerprint density at radius 1 is 1.17 bits per heavy atom. The van der Waals surface area contributed by atoms with Gasteiger partial charge in [0.1, 0.15) is 10.7 Å². The summed E-state index contributed by atoms with van der Waals surface area (Å²) in [6.07, 6.45) is 3.89. The fraction of sp³-hybridized carbons (Fsp3) is 0.421. The Morgan fingerprint density at radius 2 is 1.90 bits per heavy atom. The van der Waals surface area contributed by atoms with Crippen molar-refractivity contribution < 1.29 is 13.5 Å². The third-order valence-corrected chi connectivity index (χ3v) is 6.94. The van der Waals surface area contributed by atoms with Crippen LogP contribution < -0.4 is 16.4 Å². The van der Waals surface area contributed by atoms with E-state index in [1.165, 1.54) is 0 Å². The van der Waals surface area contributed by atoms with Gasteiger partial charge in [-0.05, 0) is 25.0 Å². The zero-order valence-electron chi connectivity index (χ0n) is 16.5. The van der Waals surface area contributed by atoms with Crippen LogP contribution in [0.1, 0.15) is 30.7 Å². The third kappa shape index (κ3) is 4.47. The zero-order valence-corrected chi connectivity index (χ0v) is 18.1. The molecule has 0 unspecified atom stereocenters. The molecule has 1 aromatic carbocycles. The molecule has 160 valence electrons. The van der Waals surface area contributed by atoms with Crippen molar-refractivity contribution in [3.05, 3.63) is 29.3 Å². The predicted molar refractivity (Wildman–Crippen MR) is 118 cm³/mol. The molecule has 2 aromatic heterocycles. The van der Waals surface area contributed by atoms with Gasteiger partial charge in [0, 0.05) is 6.26 Å². The monoisotopic (exact) mass is 448 g/mol. The van der Waals surface area contributed by atoms with E-state index in [2.05, 4.69) is 25.6 Å². The molecule has 1 saturated carbocycles. The van der Waals surface area contributed by atoms with Gasteiger partial charge in [0.05, 0.1) is 28.9 Å². The average molecular weight is 449 g/mol. The van der Waals surface area contributed by atoms with Crippen LogP contribution in [0.4, 0.5) is 17.3 Å². The number of thiazole rings is 1. The number of nitrogens with one attached hydrogen (secondary N) is 2. The lowest BCUT2D eigenvalue weighted by Gasteiger charge is -2.29. The van der Waals surface area contributed by atoms with Gasteiger partial charge in [-0.25, -0.2) is 13.4 Å². The van der Waals surface area contributed by atoms with Gasteiger partial charge in [0.2, 0.25) is 9.84 Å². The van der Waals surface area contributed by atoms with Gasteiger partial charge >= 0.3 is 0 Å². The number of aliphatic hydroxyl groups excluding tert-OH is 1. The summed E-state index contributed by atoms with van der Waals surface area (Å²) in [6, 6.07) is 7.58. The first-order chi connectivity index (χ1) is 14.3. The molecular weight excluding hydrogens is 424 g/mol. The van der Waals surface area contributed by atoms with Crippen LogP contribution in [0.5, 0.6) is 0 Å². The normalized spacial score (nSPS) is 19.7. The summed E-state index contributed by atoms with van der Waals surface area (Å²) in [4.78, 5) is 12.8. The number of rotatable bonds is 6. The maximum Gasteiger partial charge on any atom is 0.250 e. The highest BCUT2D eigenvalue weighted by atomic mass is 32.2. The van der Waals surface area contributed by atoms with Gasteiger partial charge < -0.3 is 21.5 Å². The highest BCUT2D eigenvalue weighted by molar-refractivity contribution is 7.90. The molecule has 11 heteroatoms. The van der Waals surface area contributed by atoms with E-state index in [1.807, 2.05) is 24.3 Å². The van der Waals surface area contributed by atoms with E-state index < -0.39 is 15.9 Å². The molecule has 0 aliphatic heterocycles. The van der Waals surface area contributed by atoms with Crippen molar-refractivity contribution in [1.29, 1.82) is 0 Å². The largest absolute Gasteiger partial charge is 0.393 e. The number of fused-ring (bicyclic) bond motifs is 1. The maximum absolute atomic E-state index is 12.1. The number of anilines is 3. The van der Waals surface area contributed by atoms with Crippen LogP contribution in [-0.4, -0.2) is 46.9 Å². The van der Waals surface area contributed by atoms with Crippen molar-refractivity contribution in [2.45, 2.75) is 49.5 Å². The molecule has 0 saturated heterocycles. The van der Waals surface area contributed by atoms with Crippen LogP contribution in [0, 0.1) is 0 Å². The highest BCUT2D eigenvalue weighted by Crippen LogP contribution is 2.30. The number of sulfone groups is 1. The number of nitrogens with zero attached hydrogens (tertiary/aromatic N) is 3. The summed E-state index contributed by atoms with van der Waals surface area (Å²) in [5.41, 5.74) is 7.37. The van der Waals surface area contributed by atoms with Crippen molar-refractivity contribution in [3.63, 3.8) is 0 Å². The SMILES string of the molecule is CS(=O)(=O)c1nc(NCc2nc3ccccc3s2)c(N)c(N[C@@H]2CCCC[C@@H]2O)n1. The zero-order chi connectivity index (χ0) is 21.3. The first-order valence-electron chi connectivity index (χ1n) is 9.72. The van der Waals surface area contributed by atoms with Crippen LogP contribution in [-0.2, 0) is 16.4 Å².